The van der Waals surface area contributed by atoms with E-state index in [4.69, 9.17) is 39.5 Å². The van der Waals surface area contributed by atoms with Crippen LogP contribution in [0.3, 0.4) is 0 Å². The Labute approximate surface area is 128 Å². The van der Waals surface area contributed by atoms with Gasteiger partial charge in [0.25, 0.3) is 0 Å². The van der Waals surface area contributed by atoms with Gasteiger partial charge in [0.15, 0.2) is 0 Å². The third-order valence-electron chi connectivity index (χ3n) is 2.99. The van der Waals surface area contributed by atoms with Crippen LogP contribution in [-0.2, 0) is 0 Å². The van der Waals surface area contributed by atoms with Crippen molar-refractivity contribution in [2.24, 2.45) is 0 Å². The number of halogens is 3. The van der Waals surface area contributed by atoms with Crippen LogP contribution in [0.2, 0.25) is 10.0 Å². The summed E-state index contributed by atoms with van der Waals surface area (Å²) in [5, 5.41) is 0.775. The lowest BCUT2D eigenvalue weighted by molar-refractivity contribution is 0.414. The summed E-state index contributed by atoms with van der Waals surface area (Å²) in [5.74, 6) is 0.819. The number of hydrogen-bond acceptors (Lipinski definition) is 1. The molecule has 2 aromatic rings. The molecule has 2 rings (SSSR count). The quantitative estimate of drug-likeness (QED) is 0.666. The minimum atomic E-state index is -0.263. The van der Waals surface area contributed by atoms with E-state index in [0.717, 1.165) is 22.4 Å². The zero-order valence-electron chi connectivity index (χ0n) is 10.6. The van der Waals surface area contributed by atoms with Crippen LogP contribution in [0.15, 0.2) is 36.4 Å². The van der Waals surface area contributed by atoms with E-state index in [0.29, 0.717) is 10.0 Å². The van der Waals surface area contributed by atoms with E-state index in [1.54, 1.807) is 19.2 Å². The Morgan fingerprint density at radius 3 is 2.32 bits per heavy atom. The zero-order chi connectivity index (χ0) is 14.0. The van der Waals surface area contributed by atoms with Crippen LogP contribution in [0.5, 0.6) is 5.75 Å². The number of alkyl halides is 1. The molecule has 1 nitrogen and oxygen atoms in total. The van der Waals surface area contributed by atoms with Gasteiger partial charge >= 0.3 is 0 Å². The van der Waals surface area contributed by atoms with E-state index in [2.05, 4.69) is 0 Å². The molecular formula is C15H13Cl3O. The smallest absolute Gasteiger partial charge is 0.119 e. The molecule has 0 saturated heterocycles. The maximum atomic E-state index is 6.51. The Balaban J connectivity index is 2.38. The molecule has 0 fully saturated rings. The Kier molecular flexibility index (Phi) is 4.62. The highest BCUT2D eigenvalue weighted by Gasteiger charge is 2.15. The Morgan fingerprint density at radius 1 is 1.00 bits per heavy atom. The van der Waals surface area contributed by atoms with Crippen LogP contribution in [0.4, 0.5) is 0 Å². The van der Waals surface area contributed by atoms with Crippen molar-refractivity contribution in [3.8, 4) is 5.75 Å². The number of rotatable bonds is 3. The minimum absolute atomic E-state index is 0.263. The van der Waals surface area contributed by atoms with E-state index < -0.39 is 0 Å². The van der Waals surface area contributed by atoms with Crippen molar-refractivity contribution in [2.45, 2.75) is 12.3 Å². The van der Waals surface area contributed by atoms with Gasteiger partial charge in [-0.3, -0.25) is 0 Å². The van der Waals surface area contributed by atoms with E-state index >= 15 is 0 Å². The standard InChI is InChI=1S/C15H13Cl3O/c1-9-7-11(19-2)4-5-12(9)15(18)10-3-6-13(16)14(17)8-10/h3-8,15H,1-2H3. The molecule has 0 aliphatic heterocycles. The van der Waals surface area contributed by atoms with Crippen molar-refractivity contribution in [1.82, 2.24) is 0 Å². The summed E-state index contributed by atoms with van der Waals surface area (Å²) in [6.07, 6.45) is 0. The van der Waals surface area contributed by atoms with Crippen LogP contribution >= 0.6 is 34.8 Å². The third-order valence-corrected chi connectivity index (χ3v) is 4.21. The van der Waals surface area contributed by atoms with Crippen molar-refractivity contribution in [2.75, 3.05) is 7.11 Å². The maximum Gasteiger partial charge on any atom is 0.119 e. The van der Waals surface area contributed by atoms with Crippen molar-refractivity contribution in [3.63, 3.8) is 0 Å². The minimum Gasteiger partial charge on any atom is -0.497 e. The fourth-order valence-electron chi connectivity index (χ4n) is 1.91. The van der Waals surface area contributed by atoms with Gasteiger partial charge in [-0.25, -0.2) is 0 Å². The fraction of sp³-hybridized carbons (Fsp3) is 0.200. The Morgan fingerprint density at radius 2 is 1.74 bits per heavy atom. The first-order valence-electron chi connectivity index (χ1n) is 5.76. The molecule has 1 atom stereocenters. The van der Waals surface area contributed by atoms with Crippen LogP contribution in [0.25, 0.3) is 0 Å². The summed E-state index contributed by atoms with van der Waals surface area (Å²) in [5.41, 5.74) is 3.02. The van der Waals surface area contributed by atoms with Crippen LogP contribution in [0.1, 0.15) is 22.1 Å². The van der Waals surface area contributed by atoms with Crippen molar-refractivity contribution in [1.29, 1.82) is 0 Å². The monoisotopic (exact) mass is 314 g/mol. The first-order valence-corrected chi connectivity index (χ1v) is 6.95. The summed E-state index contributed by atoms with van der Waals surface area (Å²) < 4.78 is 5.19. The van der Waals surface area contributed by atoms with Gasteiger partial charge in [-0.1, -0.05) is 35.3 Å². The van der Waals surface area contributed by atoms with Gasteiger partial charge in [-0.2, -0.15) is 0 Å². The van der Waals surface area contributed by atoms with Crippen molar-refractivity contribution >= 4 is 34.8 Å². The van der Waals surface area contributed by atoms with Gasteiger partial charge in [0, 0.05) is 0 Å². The van der Waals surface area contributed by atoms with Gasteiger partial charge < -0.3 is 4.74 Å². The molecule has 0 aliphatic carbocycles. The Hall–Kier alpha value is -0.890. The second-order valence-corrected chi connectivity index (χ2v) is 5.51. The predicted molar refractivity (Wildman–Crippen MR) is 81.9 cm³/mol. The summed E-state index contributed by atoms with van der Waals surface area (Å²) in [6, 6.07) is 11.3. The predicted octanol–water partition coefficient (Wildman–Crippen LogP) is 5.64. The highest BCUT2D eigenvalue weighted by Crippen LogP contribution is 2.35. The third kappa shape index (κ3) is 3.17. The molecule has 19 heavy (non-hydrogen) atoms. The summed E-state index contributed by atoms with van der Waals surface area (Å²) >= 11 is 18.4. The average Bonchev–Trinajstić information content (AvgIpc) is 2.41. The van der Waals surface area contributed by atoms with Crippen LogP contribution < -0.4 is 4.74 Å². The molecule has 0 aromatic heterocycles. The van der Waals surface area contributed by atoms with Gasteiger partial charge in [-0.15, -0.1) is 11.6 Å². The lowest BCUT2D eigenvalue weighted by atomic mass is 10.00. The first-order chi connectivity index (χ1) is 9.02. The van der Waals surface area contributed by atoms with Gasteiger partial charge in [0.2, 0.25) is 0 Å². The molecule has 0 radical (unpaired) electrons. The highest BCUT2D eigenvalue weighted by atomic mass is 35.5. The van der Waals surface area contributed by atoms with Crippen LogP contribution in [0, 0.1) is 6.92 Å². The van der Waals surface area contributed by atoms with Crippen LogP contribution in [-0.4, -0.2) is 7.11 Å². The Bertz CT molecular complexity index is 596. The second kappa shape index (κ2) is 6.04. The lowest BCUT2D eigenvalue weighted by Crippen LogP contribution is -1.97. The highest BCUT2D eigenvalue weighted by molar-refractivity contribution is 6.42. The second-order valence-electron chi connectivity index (χ2n) is 4.26. The summed E-state index contributed by atoms with van der Waals surface area (Å²) in [4.78, 5) is 0. The SMILES string of the molecule is COc1ccc(C(Cl)c2ccc(Cl)c(Cl)c2)c(C)c1. The van der Waals surface area contributed by atoms with Crippen molar-refractivity contribution < 1.29 is 4.74 Å². The normalized spacial score (nSPS) is 12.3. The molecule has 0 bridgehead atoms. The molecule has 0 aliphatic rings. The molecule has 0 heterocycles. The molecule has 1 unspecified atom stereocenters. The molecule has 0 saturated carbocycles. The summed E-state index contributed by atoms with van der Waals surface area (Å²) in [7, 11) is 1.64. The van der Waals surface area contributed by atoms with E-state index in [1.807, 2.05) is 31.2 Å². The maximum absolute atomic E-state index is 6.51. The largest absolute Gasteiger partial charge is 0.497 e. The average molecular weight is 316 g/mol. The summed E-state index contributed by atoms with van der Waals surface area (Å²) in [6.45, 7) is 2.00. The molecule has 2 aromatic carbocycles. The van der Waals surface area contributed by atoms with Crippen molar-refractivity contribution in [3.05, 3.63) is 63.1 Å². The first kappa shape index (κ1) is 14.5. The number of hydrogen-bond donors (Lipinski definition) is 0. The number of benzene rings is 2. The van der Waals surface area contributed by atoms with Gasteiger partial charge in [0.1, 0.15) is 5.75 Å². The number of ether oxygens (including phenoxy) is 1. The fourth-order valence-corrected chi connectivity index (χ4v) is 2.60. The molecular weight excluding hydrogens is 303 g/mol. The van der Waals surface area contributed by atoms with E-state index in [-0.39, 0.29) is 5.38 Å². The van der Waals surface area contributed by atoms with Gasteiger partial charge in [-0.05, 0) is 47.9 Å². The lowest BCUT2D eigenvalue weighted by Gasteiger charge is -2.15. The molecule has 4 heteroatoms. The van der Waals surface area contributed by atoms with Gasteiger partial charge in [0.05, 0.1) is 22.5 Å². The number of aryl methyl sites for hydroxylation is 1. The molecule has 0 spiro atoms. The number of methoxy groups -OCH3 is 1. The molecule has 100 valence electrons. The topological polar surface area (TPSA) is 9.23 Å². The molecule has 0 N–H and O–H groups in total. The molecule has 0 amide bonds. The zero-order valence-corrected chi connectivity index (χ0v) is 12.9. The van der Waals surface area contributed by atoms with E-state index in [9.17, 15) is 0 Å². The van der Waals surface area contributed by atoms with E-state index in [1.165, 1.54) is 0 Å².